The predicted octanol–water partition coefficient (Wildman–Crippen LogP) is 12.9. The lowest BCUT2D eigenvalue weighted by Crippen LogP contribution is -2.66. The highest BCUT2D eigenvalue weighted by molar-refractivity contribution is 5.76. The maximum Gasteiger partial charge on any atom is 0.220 e. The summed E-state index contributed by atoms with van der Waals surface area (Å²) in [5, 5.41) is 121. The van der Waals surface area contributed by atoms with E-state index in [0.29, 0.717) is 12.8 Å². The molecule has 1 amide bonds. The third-order valence-corrected chi connectivity index (χ3v) is 19.1. The van der Waals surface area contributed by atoms with Crippen molar-refractivity contribution in [3.63, 3.8) is 0 Å². The molecule has 0 spiro atoms. The van der Waals surface area contributed by atoms with E-state index in [0.717, 1.165) is 109 Å². The standard InChI is InChI=1S/C82H141NO18/c1-3-5-7-9-11-13-15-17-19-21-23-25-27-29-31-32-34-36-38-40-42-44-46-48-50-52-54-56-58-60-70(88)83-65(66(87)59-57-55-53-51-49-47-45-43-41-39-37-35-33-30-28-26-24-22-20-18-16-14-12-10-8-6-4-2)64-96-80-76(94)73(91)78(68(62-85)98-80)101-82-77(95)74(92)79(69(63-86)99-82)100-81-75(93)72(90)71(89)67(61-84)97-81/h5,7,11,13,17,19,23,25,29,31,34,36,40,42,49,51,57,59,65-69,71-82,84-87,89-95H,3-4,6,8-10,12,14-16,18,20-22,24,26-28,30,32-33,35,37-39,41,43-48,50,52-56,58,60-64H2,1-2H3,(H,83,88)/b7-5-,13-11-,19-17-,25-23-,31-29-,36-34-,42-40-,51-49+,59-57+. The van der Waals surface area contributed by atoms with Crippen LogP contribution in [-0.4, -0.2) is 193 Å². The minimum absolute atomic E-state index is 0.216. The largest absolute Gasteiger partial charge is 0.394 e. The van der Waals surface area contributed by atoms with Crippen molar-refractivity contribution < 1.29 is 89.4 Å². The lowest BCUT2D eigenvalue weighted by molar-refractivity contribution is -0.379. The van der Waals surface area contributed by atoms with E-state index < -0.39 is 124 Å². The minimum Gasteiger partial charge on any atom is -0.394 e. The number of allylic oxidation sites excluding steroid dienone is 17. The van der Waals surface area contributed by atoms with Gasteiger partial charge in [0.15, 0.2) is 18.9 Å². The Hall–Kier alpha value is -3.55. The number of hydrogen-bond acceptors (Lipinski definition) is 18. The summed E-state index contributed by atoms with van der Waals surface area (Å²) in [4.78, 5) is 13.5. The molecule has 0 aromatic rings. The van der Waals surface area contributed by atoms with E-state index in [2.05, 4.69) is 116 Å². The number of unbranched alkanes of at least 4 members (excludes halogenated alkanes) is 29. The highest BCUT2D eigenvalue weighted by Gasteiger charge is 2.53. The number of ether oxygens (including phenoxy) is 6. The van der Waals surface area contributed by atoms with E-state index in [1.165, 1.54) is 128 Å². The van der Waals surface area contributed by atoms with E-state index in [1.807, 2.05) is 6.08 Å². The Bertz CT molecular complexity index is 2250. The Labute approximate surface area is 608 Å². The quantitative estimate of drug-likeness (QED) is 0.0199. The van der Waals surface area contributed by atoms with Gasteiger partial charge in [0.05, 0.1) is 38.6 Å². The Morgan fingerprint density at radius 1 is 0.366 bits per heavy atom. The molecule has 3 rings (SSSR count). The Kier molecular flexibility index (Phi) is 55.9. The number of nitrogens with one attached hydrogen (secondary N) is 1. The van der Waals surface area contributed by atoms with E-state index >= 15 is 0 Å². The van der Waals surface area contributed by atoms with Crippen molar-refractivity contribution in [2.24, 2.45) is 0 Å². The van der Waals surface area contributed by atoms with Gasteiger partial charge < -0.3 is 89.9 Å². The lowest BCUT2D eigenvalue weighted by atomic mass is 9.96. The van der Waals surface area contributed by atoms with E-state index in [4.69, 9.17) is 28.4 Å². The minimum atomic E-state index is -1.99. The normalized spacial score (nSPS) is 26.9. The lowest BCUT2D eigenvalue weighted by Gasteiger charge is -2.48. The average molecular weight is 1430 g/mol. The van der Waals surface area contributed by atoms with Crippen LogP contribution < -0.4 is 5.32 Å². The summed E-state index contributed by atoms with van der Waals surface area (Å²) in [6.45, 7) is 1.61. The fourth-order valence-corrected chi connectivity index (χ4v) is 12.7. The molecule has 0 aliphatic carbocycles. The van der Waals surface area contributed by atoms with Crippen LogP contribution in [0, 0.1) is 0 Å². The van der Waals surface area contributed by atoms with Crippen LogP contribution in [0.4, 0.5) is 0 Å². The van der Waals surface area contributed by atoms with Crippen LogP contribution in [0.3, 0.4) is 0 Å². The molecule has 17 atom stereocenters. The molecule has 19 heteroatoms. The maximum absolute atomic E-state index is 13.5. The van der Waals surface area contributed by atoms with Crippen molar-refractivity contribution >= 4 is 5.91 Å². The molecule has 3 aliphatic heterocycles. The second-order valence-corrected chi connectivity index (χ2v) is 27.8. The molecule has 0 aromatic heterocycles. The summed E-state index contributed by atoms with van der Waals surface area (Å²) in [6, 6.07) is -1.01. The average Bonchev–Trinajstić information content (AvgIpc) is 0.796. The van der Waals surface area contributed by atoms with Gasteiger partial charge in [-0.15, -0.1) is 0 Å². The second-order valence-electron chi connectivity index (χ2n) is 27.8. The van der Waals surface area contributed by atoms with Crippen molar-refractivity contribution in [2.45, 2.75) is 375 Å². The van der Waals surface area contributed by atoms with Crippen LogP contribution in [0.1, 0.15) is 271 Å². The summed E-state index contributed by atoms with van der Waals surface area (Å²) in [5.41, 5.74) is 0. The molecule has 0 saturated carbocycles. The molecule has 3 fully saturated rings. The zero-order chi connectivity index (χ0) is 73.2. The van der Waals surface area contributed by atoms with E-state index in [-0.39, 0.29) is 18.9 Å². The molecular formula is C82H141NO18. The molecule has 0 radical (unpaired) electrons. The van der Waals surface area contributed by atoms with Crippen LogP contribution in [-0.2, 0) is 33.2 Å². The van der Waals surface area contributed by atoms with Gasteiger partial charge in [0.25, 0.3) is 0 Å². The smallest absolute Gasteiger partial charge is 0.220 e. The SMILES string of the molecule is CC/C=C\C/C=C\C/C=C\C/C=C\C/C=C\C/C=C\C/C=C\CCCCCCCCCC(=O)NC(COC1OC(CO)C(OC2OC(CO)C(OC3OC(CO)C(O)C(O)C3O)C(O)C2O)C(O)C1O)C(O)/C=C/CC/C=C/CCCCCCCCCCCCCCCCCCCCCCC. The molecule has 0 aromatic carbocycles. The van der Waals surface area contributed by atoms with Crippen LogP contribution in [0.5, 0.6) is 0 Å². The van der Waals surface area contributed by atoms with Gasteiger partial charge >= 0.3 is 0 Å². The Balaban J connectivity index is 1.41. The molecule has 3 aliphatic rings. The van der Waals surface area contributed by atoms with Gasteiger partial charge in [-0.05, 0) is 89.9 Å². The fraction of sp³-hybridized carbons (Fsp3) is 0.768. The number of hydrogen-bond donors (Lipinski definition) is 12. The summed E-state index contributed by atoms with van der Waals surface area (Å²) in [6.07, 6.45) is 57.8. The molecule has 0 bridgehead atoms. The van der Waals surface area contributed by atoms with Crippen LogP contribution in [0.15, 0.2) is 109 Å². The molecule has 19 nitrogen and oxygen atoms in total. The number of aliphatic hydroxyl groups is 11. The first-order valence-electron chi connectivity index (χ1n) is 39.6. The zero-order valence-electron chi connectivity index (χ0n) is 62.1. The molecule has 582 valence electrons. The monoisotopic (exact) mass is 1430 g/mol. The molecule has 17 unspecified atom stereocenters. The topological polar surface area (TPSA) is 307 Å². The van der Waals surface area contributed by atoms with Gasteiger partial charge in [0.1, 0.15) is 73.2 Å². The number of amides is 1. The van der Waals surface area contributed by atoms with Crippen molar-refractivity contribution in [3.05, 3.63) is 109 Å². The third-order valence-electron chi connectivity index (χ3n) is 19.1. The van der Waals surface area contributed by atoms with Gasteiger partial charge in [-0.3, -0.25) is 4.79 Å². The van der Waals surface area contributed by atoms with Gasteiger partial charge in [0.2, 0.25) is 5.91 Å². The van der Waals surface area contributed by atoms with Gasteiger partial charge in [-0.25, -0.2) is 0 Å². The first-order valence-corrected chi connectivity index (χ1v) is 39.6. The second kappa shape index (κ2) is 61.6. The highest BCUT2D eigenvalue weighted by atomic mass is 16.8. The van der Waals surface area contributed by atoms with Crippen LogP contribution in [0.25, 0.3) is 0 Å². The van der Waals surface area contributed by atoms with Gasteiger partial charge in [-0.1, -0.05) is 284 Å². The molecule has 12 N–H and O–H groups in total. The highest BCUT2D eigenvalue weighted by Crippen LogP contribution is 2.33. The van der Waals surface area contributed by atoms with E-state index in [1.54, 1.807) is 6.08 Å². The Morgan fingerprint density at radius 2 is 0.693 bits per heavy atom. The van der Waals surface area contributed by atoms with Crippen molar-refractivity contribution in [1.82, 2.24) is 5.32 Å². The van der Waals surface area contributed by atoms with Gasteiger partial charge in [-0.2, -0.15) is 0 Å². The summed E-state index contributed by atoms with van der Waals surface area (Å²) in [5.74, 6) is -0.299. The molecular weight excluding hydrogens is 1290 g/mol. The van der Waals surface area contributed by atoms with E-state index in [9.17, 15) is 61.0 Å². The van der Waals surface area contributed by atoms with Crippen molar-refractivity contribution in [1.29, 1.82) is 0 Å². The number of carbonyl (C=O) groups is 1. The molecule has 3 saturated heterocycles. The third kappa shape index (κ3) is 41.8. The maximum atomic E-state index is 13.5. The fourth-order valence-electron chi connectivity index (χ4n) is 12.7. The first-order chi connectivity index (χ1) is 49.3. The van der Waals surface area contributed by atoms with Crippen LogP contribution in [0.2, 0.25) is 0 Å². The first kappa shape index (κ1) is 91.7. The van der Waals surface area contributed by atoms with Crippen LogP contribution >= 0.6 is 0 Å². The molecule has 101 heavy (non-hydrogen) atoms. The predicted molar refractivity (Wildman–Crippen MR) is 401 cm³/mol. The van der Waals surface area contributed by atoms with Crippen molar-refractivity contribution in [3.8, 4) is 0 Å². The number of rotatable bonds is 61. The summed E-state index contributed by atoms with van der Waals surface area (Å²) in [7, 11) is 0. The zero-order valence-corrected chi connectivity index (χ0v) is 62.1. The Morgan fingerprint density at radius 3 is 1.11 bits per heavy atom. The summed E-state index contributed by atoms with van der Waals surface area (Å²) >= 11 is 0. The number of carbonyl (C=O) groups excluding carboxylic acids is 1. The van der Waals surface area contributed by atoms with Gasteiger partial charge in [0, 0.05) is 6.42 Å². The molecule has 3 heterocycles. The summed E-state index contributed by atoms with van der Waals surface area (Å²) < 4.78 is 34.4. The number of aliphatic hydroxyl groups excluding tert-OH is 11. The van der Waals surface area contributed by atoms with Crippen molar-refractivity contribution in [2.75, 3.05) is 26.4 Å².